The monoisotopic (exact) mass is 677 g/mol. The first kappa shape index (κ1) is 20.6. The molecule has 0 spiro atoms. The average molecular weight is 677 g/mol. The van der Waals surface area contributed by atoms with Gasteiger partial charge in [0.15, 0.2) is 0 Å². The van der Waals surface area contributed by atoms with Crippen LogP contribution in [0.4, 0.5) is 0 Å². The van der Waals surface area contributed by atoms with Gasteiger partial charge in [-0.15, -0.1) is 0 Å². The molecule has 0 atom stereocenters. The molecule has 0 aliphatic rings. The molecule has 4 heteroatoms. The van der Waals surface area contributed by atoms with Gasteiger partial charge in [0.05, 0.1) is 6.15 Å². The number of rotatable bonds is 6. The molecule has 0 unspecified atom stereocenters. The van der Waals surface area contributed by atoms with Gasteiger partial charge >= 0.3 is 0 Å². The van der Waals surface area contributed by atoms with Gasteiger partial charge in [0.2, 0.25) is 0 Å². The van der Waals surface area contributed by atoms with Crippen LogP contribution in [0.3, 0.4) is 0 Å². The first-order chi connectivity index (χ1) is 12.6. The van der Waals surface area contributed by atoms with Crippen LogP contribution in [-0.4, -0.2) is 6.15 Å². The van der Waals surface area contributed by atoms with Gasteiger partial charge in [0.1, 0.15) is 0 Å². The van der Waals surface area contributed by atoms with Crippen molar-refractivity contribution in [2.75, 3.05) is 0 Å². The Labute approximate surface area is 197 Å². The molecule has 0 N–H and O–H groups in total. The third-order valence-electron chi connectivity index (χ3n) is 5.31. The molecule has 0 fully saturated rings. The molecule has 0 saturated carbocycles. The summed E-state index contributed by atoms with van der Waals surface area (Å²) in [6, 6.07) is 27.5. The van der Waals surface area contributed by atoms with E-state index in [1.54, 1.807) is 0 Å². The van der Waals surface area contributed by atoms with Gasteiger partial charge in [-0.3, -0.25) is 0 Å². The zero-order chi connectivity index (χ0) is 18.6. The third kappa shape index (κ3) is 4.48. The molecule has 0 aliphatic carbocycles. The van der Waals surface area contributed by atoms with E-state index < -0.39 is 6.15 Å². The zero-order valence-corrected chi connectivity index (χ0v) is 21.2. The lowest BCUT2D eigenvalue weighted by Gasteiger charge is -2.43. The van der Waals surface area contributed by atoms with Crippen LogP contribution >= 0.6 is 67.8 Å². The second-order valence-corrected chi connectivity index (χ2v) is 10.6. The Balaban J connectivity index is 2.27. The predicted molar refractivity (Wildman–Crippen MR) is 142 cm³/mol. The van der Waals surface area contributed by atoms with Crippen LogP contribution in [0.5, 0.6) is 0 Å². The van der Waals surface area contributed by atoms with Crippen LogP contribution in [0.1, 0.15) is 19.8 Å². The van der Waals surface area contributed by atoms with Crippen molar-refractivity contribution in [1.82, 2.24) is 0 Å². The fourth-order valence-electron chi connectivity index (χ4n) is 3.96. The molecule has 0 heterocycles. The van der Waals surface area contributed by atoms with E-state index in [1.807, 2.05) is 0 Å². The summed E-state index contributed by atoms with van der Waals surface area (Å²) in [4.78, 5) is 0. The highest BCUT2D eigenvalue weighted by atomic mass is 127. The largest absolute Gasteiger partial charge is 0.200 e. The van der Waals surface area contributed by atoms with E-state index in [0.717, 1.165) is 0 Å². The van der Waals surface area contributed by atoms with Crippen molar-refractivity contribution in [3.8, 4) is 0 Å². The Morgan fingerprint density at radius 3 is 1.15 bits per heavy atom. The summed E-state index contributed by atoms with van der Waals surface area (Å²) in [6.45, 7) is 2.29. The van der Waals surface area contributed by atoms with Gasteiger partial charge in [0.25, 0.3) is 0 Å². The van der Waals surface area contributed by atoms with Crippen molar-refractivity contribution in [2.45, 2.75) is 26.1 Å². The average Bonchev–Trinajstić information content (AvgIpc) is 2.66. The van der Waals surface area contributed by atoms with E-state index in [9.17, 15) is 0 Å². The first-order valence-electron chi connectivity index (χ1n) is 9.01. The van der Waals surface area contributed by atoms with Gasteiger partial charge in [0, 0.05) is 10.7 Å². The van der Waals surface area contributed by atoms with E-state index in [0.29, 0.717) is 0 Å². The van der Waals surface area contributed by atoms with Crippen LogP contribution < -0.4 is 16.4 Å². The third-order valence-corrected chi connectivity index (χ3v) is 7.47. The summed E-state index contributed by atoms with van der Waals surface area (Å²) in [5.41, 5.74) is 4.34. The highest BCUT2D eigenvalue weighted by Gasteiger charge is 2.29. The van der Waals surface area contributed by atoms with Crippen molar-refractivity contribution in [3.63, 3.8) is 0 Å². The summed E-state index contributed by atoms with van der Waals surface area (Å²) >= 11 is 7.19. The Kier molecular flexibility index (Phi) is 7.47. The molecule has 3 rings (SSSR count). The highest BCUT2D eigenvalue weighted by molar-refractivity contribution is 14.1. The normalized spacial score (nSPS) is 11.5. The lowest BCUT2D eigenvalue weighted by Crippen LogP contribution is -2.67. The van der Waals surface area contributed by atoms with Crippen molar-refractivity contribution in [1.29, 1.82) is 0 Å². The summed E-state index contributed by atoms with van der Waals surface area (Å²) in [5.74, 6) is 0. The summed E-state index contributed by atoms with van der Waals surface area (Å²) < 4.78 is 3.87. The SMILES string of the molecule is CCCC[B-](c1ccc(I)cc1)(c1ccc(I)cc1)c1ccc(I)cc1. The molecule has 0 radical (unpaired) electrons. The van der Waals surface area contributed by atoms with Crippen molar-refractivity contribution in [3.05, 3.63) is 83.5 Å². The van der Waals surface area contributed by atoms with Gasteiger partial charge in [-0.25, -0.2) is 0 Å². The fourth-order valence-corrected chi connectivity index (χ4v) is 5.04. The molecule has 0 aromatic heterocycles. The van der Waals surface area contributed by atoms with Crippen LogP contribution in [0.25, 0.3) is 0 Å². The second kappa shape index (κ2) is 9.41. The molecule has 0 nitrogen and oxygen atoms in total. The minimum absolute atomic E-state index is 0.967. The molecule has 26 heavy (non-hydrogen) atoms. The van der Waals surface area contributed by atoms with Crippen LogP contribution in [0.15, 0.2) is 72.8 Å². The van der Waals surface area contributed by atoms with Gasteiger partial charge in [-0.2, -0.15) is 22.7 Å². The lowest BCUT2D eigenvalue weighted by atomic mass is 9.14. The van der Waals surface area contributed by atoms with Crippen LogP contribution in [0.2, 0.25) is 6.32 Å². The maximum atomic E-state index is 2.40. The minimum atomic E-state index is -0.967. The lowest BCUT2D eigenvalue weighted by molar-refractivity contribution is 0.874. The standard InChI is InChI=1S/C22H21BI3/c1-2-3-16-23(17-4-10-20(24)11-5-17,18-6-12-21(25)13-7-18)19-8-14-22(26)15-9-19/h4-15H,2-3,16H2,1H3/q-1. The van der Waals surface area contributed by atoms with E-state index in [-0.39, 0.29) is 0 Å². The number of hydrogen-bond donors (Lipinski definition) is 0. The van der Waals surface area contributed by atoms with E-state index in [2.05, 4.69) is 147 Å². The number of benzene rings is 3. The Morgan fingerprint density at radius 1 is 0.577 bits per heavy atom. The molecule has 3 aromatic rings. The summed E-state index contributed by atoms with van der Waals surface area (Å²) in [5, 5.41) is 0. The first-order valence-corrected chi connectivity index (χ1v) is 12.2. The van der Waals surface area contributed by atoms with Crippen molar-refractivity contribution >= 4 is 90.3 Å². The highest BCUT2D eigenvalue weighted by Crippen LogP contribution is 2.18. The molecule has 134 valence electrons. The Hall–Kier alpha value is -0.0851. The molecule has 3 aromatic carbocycles. The molecule has 0 aliphatic heterocycles. The number of halogens is 3. The fraction of sp³-hybridized carbons (Fsp3) is 0.182. The zero-order valence-electron chi connectivity index (χ0n) is 14.8. The van der Waals surface area contributed by atoms with E-state index in [1.165, 1.54) is 46.3 Å². The maximum Gasteiger partial charge on any atom is 0.0814 e. The van der Waals surface area contributed by atoms with Crippen molar-refractivity contribution < 1.29 is 0 Å². The molecular formula is C22H21BI3-. The molecule has 0 saturated heterocycles. The van der Waals surface area contributed by atoms with Crippen molar-refractivity contribution in [2.24, 2.45) is 0 Å². The Bertz CT molecular complexity index is 729. The van der Waals surface area contributed by atoms with Crippen LogP contribution in [0, 0.1) is 10.7 Å². The Morgan fingerprint density at radius 2 is 0.885 bits per heavy atom. The summed E-state index contributed by atoms with van der Waals surface area (Å²) in [6.07, 6.45) is 2.65. The van der Waals surface area contributed by atoms with Gasteiger partial charge < -0.3 is 0 Å². The second-order valence-electron chi connectivity index (χ2n) is 6.84. The topological polar surface area (TPSA) is 0 Å². The van der Waals surface area contributed by atoms with Gasteiger partial charge in [-0.1, -0.05) is 92.6 Å². The smallest absolute Gasteiger partial charge is 0.0814 e. The molecule has 0 amide bonds. The quantitative estimate of drug-likeness (QED) is 0.230. The molecule has 0 bridgehead atoms. The van der Waals surface area contributed by atoms with Crippen LogP contribution in [-0.2, 0) is 0 Å². The number of unbranched alkanes of at least 4 members (excludes halogenated alkanes) is 1. The van der Waals surface area contributed by atoms with Gasteiger partial charge in [-0.05, 0) is 67.8 Å². The maximum absolute atomic E-state index is 2.40. The summed E-state index contributed by atoms with van der Waals surface area (Å²) in [7, 11) is 0. The van der Waals surface area contributed by atoms with E-state index in [4.69, 9.17) is 0 Å². The predicted octanol–water partition coefficient (Wildman–Crippen LogP) is 5.77. The molecular weight excluding hydrogens is 656 g/mol. The number of hydrogen-bond acceptors (Lipinski definition) is 0. The minimum Gasteiger partial charge on any atom is -0.200 e. The van der Waals surface area contributed by atoms with E-state index >= 15 is 0 Å².